The standard InChI is InChI=1S/C25H32NOS/c1-19(2)17-18-26(25(27)21-13-7-4-8-14-21)23-16-10-9-15-22(23)24(28)20-11-5-3-6-12-20/h3,5,9-12,15-16,19,21H,4,6-8,13-14,17-18H2,1-2H3. The highest BCUT2D eigenvalue weighted by atomic mass is 32.1. The molecular weight excluding hydrogens is 362 g/mol. The van der Waals surface area contributed by atoms with Gasteiger partial charge < -0.3 is 4.90 Å². The zero-order chi connectivity index (χ0) is 19.9. The number of benzene rings is 1. The summed E-state index contributed by atoms with van der Waals surface area (Å²) >= 11 is 5.85. The highest BCUT2D eigenvalue weighted by Crippen LogP contribution is 2.31. The van der Waals surface area contributed by atoms with Crippen LogP contribution in [0.4, 0.5) is 5.69 Å². The van der Waals surface area contributed by atoms with Crippen molar-refractivity contribution in [3.05, 3.63) is 60.1 Å². The molecule has 0 N–H and O–H groups in total. The molecule has 1 radical (unpaired) electrons. The van der Waals surface area contributed by atoms with E-state index in [1.807, 2.05) is 17.0 Å². The maximum atomic E-state index is 13.5. The lowest BCUT2D eigenvalue weighted by Gasteiger charge is -2.31. The Morgan fingerprint density at radius 2 is 1.93 bits per heavy atom. The first-order chi connectivity index (χ1) is 13.6. The second kappa shape index (κ2) is 10.2. The number of amides is 1. The molecule has 0 aromatic heterocycles. The third-order valence-electron chi connectivity index (χ3n) is 5.74. The summed E-state index contributed by atoms with van der Waals surface area (Å²) in [5.74, 6) is 1.00. The van der Waals surface area contributed by atoms with E-state index in [1.54, 1.807) is 0 Å². The van der Waals surface area contributed by atoms with Crippen molar-refractivity contribution in [3.8, 4) is 0 Å². The molecule has 2 aliphatic rings. The average molecular weight is 395 g/mol. The summed E-state index contributed by atoms with van der Waals surface area (Å²) in [6.45, 7) is 5.19. The van der Waals surface area contributed by atoms with Gasteiger partial charge in [-0.05, 0) is 49.7 Å². The molecule has 3 heteroatoms. The highest BCUT2D eigenvalue weighted by Gasteiger charge is 2.28. The van der Waals surface area contributed by atoms with Gasteiger partial charge >= 0.3 is 0 Å². The molecule has 0 aliphatic heterocycles. The third-order valence-corrected chi connectivity index (χ3v) is 6.19. The van der Waals surface area contributed by atoms with Gasteiger partial charge in [-0.15, -0.1) is 0 Å². The molecule has 1 aromatic rings. The topological polar surface area (TPSA) is 20.3 Å². The Bertz CT molecular complexity index is 756. The molecule has 1 fully saturated rings. The van der Waals surface area contributed by atoms with Crippen LogP contribution in [0.5, 0.6) is 0 Å². The van der Waals surface area contributed by atoms with Crippen LogP contribution in [0.15, 0.2) is 48.1 Å². The van der Waals surface area contributed by atoms with Crippen LogP contribution in [0, 0.1) is 18.3 Å². The van der Waals surface area contributed by atoms with Crippen molar-refractivity contribution >= 4 is 28.7 Å². The molecule has 1 amide bonds. The fourth-order valence-electron chi connectivity index (χ4n) is 4.04. The van der Waals surface area contributed by atoms with Crippen LogP contribution in [0.2, 0.25) is 0 Å². The normalized spacial score (nSPS) is 17.5. The van der Waals surface area contributed by atoms with Crippen molar-refractivity contribution in [3.63, 3.8) is 0 Å². The molecule has 3 rings (SSSR count). The molecule has 1 aromatic carbocycles. The maximum absolute atomic E-state index is 13.5. The van der Waals surface area contributed by atoms with E-state index in [4.69, 9.17) is 12.2 Å². The lowest BCUT2D eigenvalue weighted by molar-refractivity contribution is -0.123. The van der Waals surface area contributed by atoms with Crippen molar-refractivity contribution in [2.24, 2.45) is 11.8 Å². The van der Waals surface area contributed by atoms with Gasteiger partial charge in [-0.3, -0.25) is 4.79 Å². The first kappa shape index (κ1) is 21.0. The Labute approximate surface area is 175 Å². The van der Waals surface area contributed by atoms with E-state index in [1.165, 1.54) is 19.3 Å². The Hall–Kier alpha value is -1.74. The van der Waals surface area contributed by atoms with E-state index in [0.29, 0.717) is 5.92 Å². The first-order valence-corrected chi connectivity index (χ1v) is 11.1. The van der Waals surface area contributed by atoms with Gasteiger partial charge in [0.1, 0.15) is 0 Å². The quantitative estimate of drug-likeness (QED) is 0.391. The van der Waals surface area contributed by atoms with E-state index >= 15 is 0 Å². The van der Waals surface area contributed by atoms with Gasteiger partial charge in [-0.1, -0.05) is 81.8 Å². The number of anilines is 1. The molecular formula is C25H32NOS. The van der Waals surface area contributed by atoms with Crippen LogP contribution in [0.1, 0.15) is 64.4 Å². The van der Waals surface area contributed by atoms with Gasteiger partial charge in [0.05, 0.1) is 10.6 Å². The van der Waals surface area contributed by atoms with Crippen LogP contribution in [0.25, 0.3) is 0 Å². The summed E-state index contributed by atoms with van der Waals surface area (Å²) in [4.78, 5) is 16.4. The lowest BCUT2D eigenvalue weighted by atomic mass is 9.87. The summed E-state index contributed by atoms with van der Waals surface area (Å²) in [7, 11) is 0. The Kier molecular flexibility index (Phi) is 7.61. The van der Waals surface area contributed by atoms with Crippen molar-refractivity contribution in [2.45, 2.75) is 58.8 Å². The molecule has 28 heavy (non-hydrogen) atoms. The molecule has 149 valence electrons. The molecule has 0 unspecified atom stereocenters. The molecule has 1 saturated carbocycles. The summed E-state index contributed by atoms with van der Waals surface area (Å²) in [5, 5.41) is 0. The number of allylic oxidation sites excluding steroid dienone is 4. The summed E-state index contributed by atoms with van der Waals surface area (Å²) in [5.41, 5.74) is 3.06. The van der Waals surface area contributed by atoms with Gasteiger partial charge in [0, 0.05) is 18.0 Å². The highest BCUT2D eigenvalue weighted by molar-refractivity contribution is 7.81. The Balaban J connectivity index is 1.92. The lowest BCUT2D eigenvalue weighted by Crippen LogP contribution is -2.39. The zero-order valence-electron chi connectivity index (χ0n) is 17.2. The summed E-state index contributed by atoms with van der Waals surface area (Å²) in [6, 6.07) is 8.19. The van der Waals surface area contributed by atoms with Crippen LogP contribution < -0.4 is 4.90 Å². The molecule has 0 bridgehead atoms. The zero-order valence-corrected chi connectivity index (χ0v) is 18.0. The van der Waals surface area contributed by atoms with Crippen LogP contribution in [-0.4, -0.2) is 17.3 Å². The van der Waals surface area contributed by atoms with E-state index in [0.717, 1.165) is 53.9 Å². The number of hydrogen-bond donors (Lipinski definition) is 0. The van der Waals surface area contributed by atoms with E-state index in [9.17, 15) is 4.79 Å². The van der Waals surface area contributed by atoms with Gasteiger partial charge in [0.25, 0.3) is 0 Å². The van der Waals surface area contributed by atoms with Crippen molar-refractivity contribution in [1.82, 2.24) is 0 Å². The number of hydrogen-bond acceptors (Lipinski definition) is 2. The second-order valence-electron chi connectivity index (χ2n) is 8.34. The molecule has 2 nitrogen and oxygen atoms in total. The predicted molar refractivity (Wildman–Crippen MR) is 123 cm³/mol. The molecule has 0 saturated heterocycles. The van der Waals surface area contributed by atoms with E-state index < -0.39 is 0 Å². The van der Waals surface area contributed by atoms with E-state index in [2.05, 4.69) is 50.6 Å². The van der Waals surface area contributed by atoms with Gasteiger partial charge in [0.2, 0.25) is 5.91 Å². The Morgan fingerprint density at radius 1 is 1.18 bits per heavy atom. The first-order valence-electron chi connectivity index (χ1n) is 10.7. The molecule has 0 atom stereocenters. The largest absolute Gasteiger partial charge is 0.312 e. The molecule has 2 aliphatic carbocycles. The number of rotatable bonds is 7. The smallest absolute Gasteiger partial charge is 0.230 e. The Morgan fingerprint density at radius 3 is 2.61 bits per heavy atom. The van der Waals surface area contributed by atoms with Crippen LogP contribution >= 0.6 is 12.2 Å². The van der Waals surface area contributed by atoms with Gasteiger partial charge in [0.15, 0.2) is 0 Å². The number of thiocarbonyl (C=S) groups is 1. The van der Waals surface area contributed by atoms with Gasteiger partial charge in [-0.25, -0.2) is 0 Å². The minimum Gasteiger partial charge on any atom is -0.312 e. The fourth-order valence-corrected chi connectivity index (χ4v) is 4.37. The molecule has 0 heterocycles. The van der Waals surface area contributed by atoms with Crippen molar-refractivity contribution in [1.29, 1.82) is 0 Å². The number of carbonyl (C=O) groups is 1. The number of carbonyl (C=O) groups excluding carboxylic acids is 1. The molecule has 0 spiro atoms. The number of nitrogens with zero attached hydrogens (tertiary/aromatic N) is 1. The average Bonchev–Trinajstić information content (AvgIpc) is 2.74. The van der Waals surface area contributed by atoms with Crippen LogP contribution in [-0.2, 0) is 4.79 Å². The summed E-state index contributed by atoms with van der Waals surface area (Å²) < 4.78 is 0. The van der Waals surface area contributed by atoms with Crippen molar-refractivity contribution < 1.29 is 4.79 Å². The van der Waals surface area contributed by atoms with Crippen LogP contribution in [0.3, 0.4) is 0 Å². The van der Waals surface area contributed by atoms with Crippen molar-refractivity contribution in [2.75, 3.05) is 11.4 Å². The van der Waals surface area contributed by atoms with E-state index in [-0.39, 0.29) is 11.8 Å². The minimum absolute atomic E-state index is 0.158. The predicted octanol–water partition coefficient (Wildman–Crippen LogP) is 6.45. The summed E-state index contributed by atoms with van der Waals surface area (Å²) in [6.07, 6.45) is 16.0. The SMILES string of the molecule is CC(C)CCN(C(=O)C1CCCCC1)c1ccccc1C(=S)C1=CC[CH]C=C1. The third kappa shape index (κ3) is 5.20. The fraction of sp³-hybridized carbons (Fsp3) is 0.480. The number of para-hydroxylation sites is 1. The maximum Gasteiger partial charge on any atom is 0.230 e. The van der Waals surface area contributed by atoms with Gasteiger partial charge in [-0.2, -0.15) is 0 Å². The monoisotopic (exact) mass is 394 g/mol. The second-order valence-corrected chi connectivity index (χ2v) is 8.75. The minimum atomic E-state index is 0.158.